The average molecular weight is 178 g/mol. The molecule has 1 heterocycles. The molecule has 0 unspecified atom stereocenters. The number of amides is 1. The van der Waals surface area contributed by atoms with Crippen molar-refractivity contribution >= 4 is 34.2 Å². The third-order valence-electron chi connectivity index (χ3n) is 0.892. The topological polar surface area (TPSA) is 63.5 Å². The van der Waals surface area contributed by atoms with Crippen molar-refractivity contribution in [3.63, 3.8) is 0 Å². The second-order valence-corrected chi connectivity index (χ2v) is 3.11. The lowest BCUT2D eigenvalue weighted by molar-refractivity contribution is -0.606. The molecule has 0 radical (unpaired) electrons. The van der Waals surface area contributed by atoms with Crippen LogP contribution < -0.4 is 0 Å². The fourth-order valence-electron chi connectivity index (χ4n) is 0.505. The van der Waals surface area contributed by atoms with Gasteiger partial charge in [-0.1, -0.05) is 11.8 Å². The minimum absolute atomic E-state index is 0.0231. The Morgan fingerprint density at radius 3 is 2.60 bits per heavy atom. The number of thiocarbonyl (C=S) groups is 1. The molecule has 1 rings (SSSR count). The number of carbonyl (C=O) groups is 1. The molecule has 1 fully saturated rings. The van der Waals surface area contributed by atoms with Gasteiger partial charge in [-0.15, -0.1) is 0 Å². The van der Waals surface area contributed by atoms with Gasteiger partial charge in [0, 0.05) is 0 Å². The first-order chi connectivity index (χ1) is 4.63. The van der Waals surface area contributed by atoms with Crippen LogP contribution in [0.1, 0.15) is 0 Å². The zero-order chi connectivity index (χ0) is 7.72. The minimum Gasteiger partial charge on any atom is -0.267 e. The Hall–Kier alpha value is -0.690. The third-order valence-corrected chi connectivity index (χ3v) is 2.23. The monoisotopic (exact) mass is 178 g/mol. The second kappa shape index (κ2) is 2.51. The summed E-state index contributed by atoms with van der Waals surface area (Å²) < 4.78 is 0.0231. The summed E-state index contributed by atoms with van der Waals surface area (Å²) >= 11 is 5.53. The van der Waals surface area contributed by atoms with Crippen molar-refractivity contribution in [2.24, 2.45) is 0 Å². The number of rotatable bonds is 1. The zero-order valence-electron chi connectivity index (χ0n) is 4.64. The van der Waals surface area contributed by atoms with Crippen LogP contribution in [0.4, 0.5) is 0 Å². The normalized spacial score (nSPS) is 18.2. The molecule has 0 atom stereocenters. The maximum absolute atomic E-state index is 10.6. The van der Waals surface area contributed by atoms with Gasteiger partial charge < -0.3 is 0 Å². The fraction of sp³-hybridized carbons (Fsp3) is 0.333. The minimum atomic E-state index is -0.801. The summed E-state index contributed by atoms with van der Waals surface area (Å²) in [5, 5.41) is 9.62. The molecule has 54 valence electrons. The molecule has 1 aliphatic rings. The van der Waals surface area contributed by atoms with Crippen molar-refractivity contribution < 1.29 is 9.83 Å². The Kier molecular flexibility index (Phi) is 1.86. The molecule has 0 bridgehead atoms. The predicted octanol–water partition coefficient (Wildman–Crippen LogP) is 0.0384. The Morgan fingerprint density at radius 1 is 1.80 bits per heavy atom. The van der Waals surface area contributed by atoms with Crippen molar-refractivity contribution in [3.05, 3.63) is 10.1 Å². The lowest BCUT2D eigenvalue weighted by atomic mass is 10.7. The predicted molar refractivity (Wildman–Crippen MR) is 38.9 cm³/mol. The highest BCUT2D eigenvalue weighted by atomic mass is 32.2. The number of hydrazine groups is 1. The molecule has 0 saturated carbocycles. The van der Waals surface area contributed by atoms with Gasteiger partial charge in [0.05, 0.1) is 5.75 Å². The molecule has 1 amide bonds. The number of carbonyl (C=O) groups excluding carboxylic acids is 1. The molecule has 0 aromatic carbocycles. The molecular weight excluding hydrogens is 176 g/mol. The number of nitro groups is 1. The summed E-state index contributed by atoms with van der Waals surface area (Å²) in [6, 6.07) is 0. The first-order valence-electron chi connectivity index (χ1n) is 2.27. The van der Waals surface area contributed by atoms with E-state index in [0.29, 0.717) is 5.01 Å². The summed E-state index contributed by atoms with van der Waals surface area (Å²) in [6.07, 6.45) is 0. The van der Waals surface area contributed by atoms with Gasteiger partial charge in [-0.25, -0.2) is 10.1 Å². The van der Waals surface area contributed by atoms with E-state index in [4.69, 9.17) is 0 Å². The Bertz CT molecular complexity index is 200. The summed E-state index contributed by atoms with van der Waals surface area (Å²) in [6.45, 7) is 0. The molecule has 0 spiro atoms. The highest BCUT2D eigenvalue weighted by Crippen LogP contribution is 2.18. The lowest BCUT2D eigenvalue weighted by Crippen LogP contribution is -2.33. The largest absolute Gasteiger partial charge is 0.301 e. The van der Waals surface area contributed by atoms with Crippen molar-refractivity contribution in [3.8, 4) is 0 Å². The van der Waals surface area contributed by atoms with Crippen molar-refractivity contribution in [1.29, 1.82) is 0 Å². The van der Waals surface area contributed by atoms with Crippen molar-refractivity contribution in [2.75, 3.05) is 5.75 Å². The van der Waals surface area contributed by atoms with Gasteiger partial charge in [-0.3, -0.25) is 4.79 Å². The van der Waals surface area contributed by atoms with Gasteiger partial charge in [0.1, 0.15) is 0 Å². The fourth-order valence-corrected chi connectivity index (χ4v) is 1.51. The van der Waals surface area contributed by atoms with Gasteiger partial charge in [-0.2, -0.15) is 0 Å². The molecule has 0 N–H and O–H groups in total. The molecule has 0 aromatic heterocycles. The highest BCUT2D eigenvalue weighted by molar-refractivity contribution is 8.23. The van der Waals surface area contributed by atoms with E-state index >= 15 is 0 Å². The van der Waals surface area contributed by atoms with E-state index in [1.54, 1.807) is 0 Å². The van der Waals surface area contributed by atoms with E-state index in [1.807, 2.05) is 0 Å². The summed E-state index contributed by atoms with van der Waals surface area (Å²) in [5.74, 6) is -0.472. The molecular formula is C3H2N2O3S2. The van der Waals surface area contributed by atoms with Crippen LogP contribution in [0.2, 0.25) is 0 Å². The van der Waals surface area contributed by atoms with Crippen molar-refractivity contribution in [2.45, 2.75) is 0 Å². The first kappa shape index (κ1) is 7.42. The molecule has 7 heteroatoms. The van der Waals surface area contributed by atoms with Crippen LogP contribution in [-0.2, 0) is 4.79 Å². The maximum atomic E-state index is 10.6. The quantitative estimate of drug-likeness (QED) is 0.322. The summed E-state index contributed by atoms with van der Waals surface area (Å²) in [5.41, 5.74) is 0. The van der Waals surface area contributed by atoms with Gasteiger partial charge >= 0.3 is 5.91 Å². The van der Waals surface area contributed by atoms with Gasteiger partial charge in [0.2, 0.25) is 4.32 Å². The lowest BCUT2D eigenvalue weighted by Gasteiger charge is -1.99. The number of nitrogens with zero attached hydrogens (tertiary/aromatic N) is 2. The molecule has 0 aromatic rings. The highest BCUT2D eigenvalue weighted by Gasteiger charge is 2.36. The summed E-state index contributed by atoms with van der Waals surface area (Å²) in [4.78, 5) is 20.6. The zero-order valence-corrected chi connectivity index (χ0v) is 6.28. The van der Waals surface area contributed by atoms with E-state index < -0.39 is 10.9 Å². The van der Waals surface area contributed by atoms with E-state index in [2.05, 4.69) is 12.2 Å². The van der Waals surface area contributed by atoms with Crippen LogP contribution in [0.5, 0.6) is 0 Å². The van der Waals surface area contributed by atoms with Crippen LogP contribution in [0.3, 0.4) is 0 Å². The van der Waals surface area contributed by atoms with Gasteiger partial charge in [0.25, 0.3) is 0 Å². The Balaban J connectivity index is 2.82. The molecule has 5 nitrogen and oxygen atoms in total. The molecule has 1 aliphatic heterocycles. The molecule has 10 heavy (non-hydrogen) atoms. The van der Waals surface area contributed by atoms with Gasteiger partial charge in [0.15, 0.2) is 5.03 Å². The number of hydrogen-bond donors (Lipinski definition) is 0. The van der Waals surface area contributed by atoms with Crippen LogP contribution >= 0.6 is 24.0 Å². The molecule has 0 aliphatic carbocycles. The summed E-state index contributed by atoms with van der Waals surface area (Å²) in [7, 11) is 0. The average Bonchev–Trinajstić information content (AvgIpc) is 2.11. The maximum Gasteiger partial charge on any atom is 0.301 e. The third kappa shape index (κ3) is 1.09. The van der Waals surface area contributed by atoms with Crippen LogP contribution in [0.15, 0.2) is 0 Å². The van der Waals surface area contributed by atoms with Crippen LogP contribution in [-0.4, -0.2) is 26.0 Å². The van der Waals surface area contributed by atoms with E-state index in [9.17, 15) is 14.9 Å². The van der Waals surface area contributed by atoms with Gasteiger partial charge in [-0.05, 0) is 17.2 Å². The van der Waals surface area contributed by atoms with Crippen LogP contribution in [0, 0.1) is 10.1 Å². The number of hydrogen-bond acceptors (Lipinski definition) is 5. The first-order valence-corrected chi connectivity index (χ1v) is 3.66. The number of thioether (sulfide) groups is 1. The standard InChI is InChI=1S/C3H2N2O3S2/c6-2-1-10-3(9)4(2)5(7)8/h1H2. The van der Waals surface area contributed by atoms with E-state index in [1.165, 1.54) is 0 Å². The Morgan fingerprint density at radius 2 is 2.40 bits per heavy atom. The Labute approximate surface area is 65.5 Å². The van der Waals surface area contributed by atoms with Crippen molar-refractivity contribution in [1.82, 2.24) is 5.01 Å². The second-order valence-electron chi connectivity index (χ2n) is 1.50. The van der Waals surface area contributed by atoms with Crippen LogP contribution in [0.25, 0.3) is 0 Å². The smallest absolute Gasteiger partial charge is 0.267 e. The van der Waals surface area contributed by atoms with E-state index in [0.717, 1.165) is 11.8 Å². The van der Waals surface area contributed by atoms with E-state index in [-0.39, 0.29) is 10.1 Å². The molecule has 1 saturated heterocycles. The SMILES string of the molecule is O=C1CSC(=S)N1[N+](=O)[O-].